The van der Waals surface area contributed by atoms with E-state index in [4.69, 9.17) is 10.8 Å². The molecule has 1 saturated carbocycles. The smallest absolute Gasteiger partial charge is 0.0473 e. The summed E-state index contributed by atoms with van der Waals surface area (Å²) in [6.07, 6.45) is 2.29. The van der Waals surface area contributed by atoms with Gasteiger partial charge in [0.1, 0.15) is 0 Å². The first-order valence-electron chi connectivity index (χ1n) is 4.67. The number of aliphatic hydroxyl groups excluding tert-OH is 1. The summed E-state index contributed by atoms with van der Waals surface area (Å²) in [5.74, 6) is 0.460. The third kappa shape index (κ3) is 1.95. The lowest BCUT2D eigenvalue weighted by atomic mass is 10.3. The Balaban J connectivity index is 2.38. The summed E-state index contributed by atoms with van der Waals surface area (Å²) < 4.78 is 0.226. The van der Waals surface area contributed by atoms with Crippen LogP contribution in [0.3, 0.4) is 0 Å². The average Bonchev–Trinajstić information content (AvgIpc) is 2.79. The lowest BCUT2D eigenvalue weighted by Crippen LogP contribution is -2.24. The predicted molar refractivity (Wildman–Crippen MR) is 54.3 cm³/mol. The van der Waals surface area contributed by atoms with Gasteiger partial charge in [-0.3, -0.25) is 0 Å². The van der Waals surface area contributed by atoms with E-state index in [0.29, 0.717) is 24.3 Å². The van der Waals surface area contributed by atoms with Crippen molar-refractivity contribution in [3.05, 3.63) is 0 Å². The first-order valence-corrected chi connectivity index (χ1v) is 5.55. The Bertz CT molecular complexity index is 153. The summed E-state index contributed by atoms with van der Waals surface area (Å²) in [5, 5.41) is 9.66. The minimum Gasteiger partial charge on any atom is -0.396 e. The molecule has 0 aromatic rings. The van der Waals surface area contributed by atoms with Crippen LogP contribution in [0.15, 0.2) is 0 Å². The SMILES string of the molecule is CCC(C)SC1(CN)CC1CO. The molecule has 2 nitrogen and oxygen atoms in total. The van der Waals surface area contributed by atoms with Crippen LogP contribution in [-0.4, -0.2) is 28.3 Å². The van der Waals surface area contributed by atoms with Crippen molar-refractivity contribution < 1.29 is 5.11 Å². The highest BCUT2D eigenvalue weighted by atomic mass is 32.2. The fourth-order valence-corrected chi connectivity index (χ4v) is 3.14. The number of hydrogen-bond acceptors (Lipinski definition) is 3. The molecule has 3 heteroatoms. The Morgan fingerprint density at radius 1 is 1.75 bits per heavy atom. The third-order valence-corrected chi connectivity index (χ3v) is 4.62. The van der Waals surface area contributed by atoms with Crippen molar-refractivity contribution in [2.24, 2.45) is 11.7 Å². The van der Waals surface area contributed by atoms with E-state index >= 15 is 0 Å². The molecule has 12 heavy (non-hydrogen) atoms. The van der Waals surface area contributed by atoms with Gasteiger partial charge in [-0.15, -0.1) is 0 Å². The summed E-state index contributed by atoms with van der Waals surface area (Å²) in [6.45, 7) is 5.45. The second-order valence-corrected chi connectivity index (χ2v) is 5.54. The summed E-state index contributed by atoms with van der Waals surface area (Å²) in [7, 11) is 0. The van der Waals surface area contributed by atoms with E-state index in [2.05, 4.69) is 13.8 Å². The van der Waals surface area contributed by atoms with Crippen molar-refractivity contribution in [3.63, 3.8) is 0 Å². The average molecular weight is 189 g/mol. The van der Waals surface area contributed by atoms with E-state index in [1.54, 1.807) is 0 Å². The first kappa shape index (κ1) is 10.4. The van der Waals surface area contributed by atoms with Crippen LogP contribution < -0.4 is 5.73 Å². The molecular weight excluding hydrogens is 170 g/mol. The maximum atomic E-state index is 8.99. The van der Waals surface area contributed by atoms with Gasteiger partial charge in [0.25, 0.3) is 0 Å². The second-order valence-electron chi connectivity index (χ2n) is 3.69. The largest absolute Gasteiger partial charge is 0.396 e. The molecular formula is C9H19NOS. The van der Waals surface area contributed by atoms with Crippen LogP contribution >= 0.6 is 11.8 Å². The van der Waals surface area contributed by atoms with Crippen LogP contribution in [0.25, 0.3) is 0 Å². The molecule has 0 amide bonds. The van der Waals surface area contributed by atoms with Gasteiger partial charge in [-0.2, -0.15) is 11.8 Å². The Labute approximate surface area is 78.9 Å². The lowest BCUT2D eigenvalue weighted by molar-refractivity contribution is 0.272. The molecule has 1 fully saturated rings. The van der Waals surface area contributed by atoms with E-state index in [0.717, 1.165) is 6.42 Å². The van der Waals surface area contributed by atoms with Crippen molar-refractivity contribution >= 4 is 11.8 Å². The minimum atomic E-state index is 0.226. The molecule has 0 aliphatic heterocycles. The van der Waals surface area contributed by atoms with Crippen molar-refractivity contribution in [2.45, 2.75) is 36.7 Å². The second kappa shape index (κ2) is 3.99. The van der Waals surface area contributed by atoms with Gasteiger partial charge in [0.15, 0.2) is 0 Å². The molecule has 0 radical (unpaired) electrons. The van der Waals surface area contributed by atoms with Gasteiger partial charge < -0.3 is 10.8 Å². The van der Waals surface area contributed by atoms with E-state index < -0.39 is 0 Å². The topological polar surface area (TPSA) is 46.2 Å². The molecule has 0 aromatic carbocycles. The van der Waals surface area contributed by atoms with Crippen LogP contribution in [-0.2, 0) is 0 Å². The van der Waals surface area contributed by atoms with E-state index in [1.807, 2.05) is 11.8 Å². The van der Waals surface area contributed by atoms with E-state index in [-0.39, 0.29) is 4.75 Å². The van der Waals surface area contributed by atoms with Crippen molar-refractivity contribution in [2.75, 3.05) is 13.2 Å². The van der Waals surface area contributed by atoms with Gasteiger partial charge in [-0.25, -0.2) is 0 Å². The molecule has 3 atom stereocenters. The zero-order chi connectivity index (χ0) is 9.19. The lowest BCUT2D eigenvalue weighted by Gasteiger charge is -2.18. The quantitative estimate of drug-likeness (QED) is 0.684. The number of hydrogen-bond donors (Lipinski definition) is 2. The van der Waals surface area contributed by atoms with Gasteiger partial charge in [0.05, 0.1) is 0 Å². The molecule has 0 spiro atoms. The molecule has 1 aliphatic rings. The molecule has 72 valence electrons. The summed E-state index contributed by atoms with van der Waals surface area (Å²) >= 11 is 1.96. The fourth-order valence-electron chi connectivity index (χ4n) is 1.52. The van der Waals surface area contributed by atoms with Crippen LogP contribution in [0.1, 0.15) is 26.7 Å². The summed E-state index contributed by atoms with van der Waals surface area (Å²) in [4.78, 5) is 0. The number of rotatable bonds is 5. The molecule has 1 rings (SSSR count). The number of nitrogens with two attached hydrogens (primary N) is 1. The zero-order valence-electron chi connectivity index (χ0n) is 7.92. The molecule has 0 bridgehead atoms. The minimum absolute atomic E-state index is 0.226. The monoisotopic (exact) mass is 189 g/mol. The molecule has 3 unspecified atom stereocenters. The van der Waals surface area contributed by atoms with Crippen molar-refractivity contribution in [1.29, 1.82) is 0 Å². The maximum Gasteiger partial charge on any atom is 0.0473 e. The van der Waals surface area contributed by atoms with E-state index in [1.165, 1.54) is 6.42 Å². The van der Waals surface area contributed by atoms with Crippen molar-refractivity contribution in [1.82, 2.24) is 0 Å². The standard InChI is InChI=1S/C9H19NOS/c1-3-7(2)12-9(6-10)4-8(9)5-11/h7-8,11H,3-6,10H2,1-2H3. The number of aliphatic hydroxyl groups is 1. The van der Waals surface area contributed by atoms with Gasteiger partial charge in [0, 0.05) is 23.1 Å². The van der Waals surface area contributed by atoms with E-state index in [9.17, 15) is 0 Å². The highest BCUT2D eigenvalue weighted by Crippen LogP contribution is 2.55. The molecule has 3 N–H and O–H groups in total. The fraction of sp³-hybridized carbons (Fsp3) is 1.00. The van der Waals surface area contributed by atoms with Crippen LogP contribution in [0.2, 0.25) is 0 Å². The van der Waals surface area contributed by atoms with Gasteiger partial charge in [0.2, 0.25) is 0 Å². The maximum absolute atomic E-state index is 8.99. The highest BCUT2D eigenvalue weighted by Gasteiger charge is 2.53. The summed E-state index contributed by atoms with van der Waals surface area (Å²) in [6, 6.07) is 0. The predicted octanol–water partition coefficient (Wildman–Crippen LogP) is 1.23. The zero-order valence-corrected chi connectivity index (χ0v) is 8.73. The highest BCUT2D eigenvalue weighted by molar-refractivity contribution is 8.01. The Morgan fingerprint density at radius 2 is 2.42 bits per heavy atom. The Morgan fingerprint density at radius 3 is 2.75 bits per heavy atom. The van der Waals surface area contributed by atoms with Crippen molar-refractivity contribution in [3.8, 4) is 0 Å². The molecule has 0 saturated heterocycles. The van der Waals surface area contributed by atoms with Gasteiger partial charge in [-0.05, 0) is 18.8 Å². The molecule has 0 heterocycles. The van der Waals surface area contributed by atoms with Gasteiger partial charge in [-0.1, -0.05) is 13.8 Å². The third-order valence-electron chi connectivity index (χ3n) is 2.75. The molecule has 0 aromatic heterocycles. The molecule has 1 aliphatic carbocycles. The normalized spacial score (nSPS) is 36.5. The van der Waals surface area contributed by atoms with Crippen LogP contribution in [0, 0.1) is 5.92 Å². The summed E-state index contributed by atoms with van der Waals surface area (Å²) in [5.41, 5.74) is 5.71. The Kier molecular flexibility index (Phi) is 3.44. The number of thioether (sulfide) groups is 1. The van der Waals surface area contributed by atoms with Crippen LogP contribution in [0.5, 0.6) is 0 Å². The van der Waals surface area contributed by atoms with Gasteiger partial charge >= 0.3 is 0 Å². The van der Waals surface area contributed by atoms with Crippen LogP contribution in [0.4, 0.5) is 0 Å². The Hall–Kier alpha value is 0.270. The first-order chi connectivity index (χ1) is 5.68.